The number of amides is 1. The van der Waals surface area contributed by atoms with Crippen molar-refractivity contribution in [3.63, 3.8) is 0 Å². The van der Waals surface area contributed by atoms with Gasteiger partial charge in [0.2, 0.25) is 5.91 Å². The fourth-order valence-corrected chi connectivity index (χ4v) is 1.58. The Morgan fingerprint density at radius 1 is 1.29 bits per heavy atom. The summed E-state index contributed by atoms with van der Waals surface area (Å²) in [5.74, 6) is 0.784. The summed E-state index contributed by atoms with van der Waals surface area (Å²) >= 11 is 5.75. The number of halogens is 2. The van der Waals surface area contributed by atoms with Gasteiger partial charge in [0.1, 0.15) is 0 Å². The van der Waals surface area contributed by atoms with Crippen molar-refractivity contribution in [1.29, 1.82) is 0 Å². The van der Waals surface area contributed by atoms with E-state index in [9.17, 15) is 4.79 Å². The van der Waals surface area contributed by atoms with Crippen molar-refractivity contribution in [1.82, 2.24) is 5.32 Å². The molecular formula is C12H16Cl2N2O. The highest BCUT2D eigenvalue weighted by atomic mass is 35.5. The molecule has 5 heteroatoms. The van der Waals surface area contributed by atoms with Crippen LogP contribution < -0.4 is 10.6 Å². The van der Waals surface area contributed by atoms with Gasteiger partial charge in [0.15, 0.2) is 0 Å². The second-order valence-electron chi connectivity index (χ2n) is 4.13. The molecule has 17 heavy (non-hydrogen) atoms. The van der Waals surface area contributed by atoms with Gasteiger partial charge >= 0.3 is 0 Å². The zero-order valence-electron chi connectivity index (χ0n) is 9.41. The van der Waals surface area contributed by atoms with Crippen molar-refractivity contribution in [3.8, 4) is 0 Å². The molecule has 1 fully saturated rings. The summed E-state index contributed by atoms with van der Waals surface area (Å²) in [6, 6.07) is 7.10. The average molecular weight is 275 g/mol. The SMILES string of the molecule is Cl.O=C(CNCC1CC1)Nc1ccc(Cl)cc1. The van der Waals surface area contributed by atoms with Crippen molar-refractivity contribution in [3.05, 3.63) is 29.3 Å². The normalized spacial score (nSPS) is 13.9. The number of benzene rings is 1. The molecule has 0 spiro atoms. The molecule has 0 aliphatic heterocycles. The first-order valence-corrected chi connectivity index (χ1v) is 5.88. The fourth-order valence-electron chi connectivity index (χ4n) is 1.45. The number of anilines is 1. The van der Waals surface area contributed by atoms with Gasteiger partial charge in [-0.3, -0.25) is 4.79 Å². The van der Waals surface area contributed by atoms with E-state index < -0.39 is 0 Å². The summed E-state index contributed by atoms with van der Waals surface area (Å²) in [7, 11) is 0. The van der Waals surface area contributed by atoms with E-state index in [1.54, 1.807) is 24.3 Å². The molecule has 0 saturated heterocycles. The van der Waals surface area contributed by atoms with E-state index in [2.05, 4.69) is 10.6 Å². The number of carbonyl (C=O) groups is 1. The van der Waals surface area contributed by atoms with Crippen LogP contribution in [-0.4, -0.2) is 19.0 Å². The Morgan fingerprint density at radius 3 is 2.53 bits per heavy atom. The van der Waals surface area contributed by atoms with Gasteiger partial charge in [0, 0.05) is 10.7 Å². The maximum atomic E-state index is 11.5. The van der Waals surface area contributed by atoms with Crippen LogP contribution in [0.5, 0.6) is 0 Å². The molecular weight excluding hydrogens is 259 g/mol. The quantitative estimate of drug-likeness (QED) is 0.867. The molecule has 1 aliphatic carbocycles. The van der Waals surface area contributed by atoms with Crippen LogP contribution in [0.3, 0.4) is 0 Å². The van der Waals surface area contributed by atoms with Gasteiger partial charge in [0.25, 0.3) is 0 Å². The Labute approximate surface area is 112 Å². The standard InChI is InChI=1S/C12H15ClN2O.ClH/c13-10-3-5-11(6-4-10)15-12(16)8-14-7-9-1-2-9;/h3-6,9,14H,1-2,7-8H2,(H,15,16);1H. The second-order valence-corrected chi connectivity index (χ2v) is 4.57. The second kappa shape index (κ2) is 6.84. The van der Waals surface area contributed by atoms with Crippen LogP contribution in [0.2, 0.25) is 5.02 Å². The Balaban J connectivity index is 0.00000144. The minimum absolute atomic E-state index is 0. The van der Waals surface area contributed by atoms with Crippen molar-refractivity contribution >= 4 is 35.6 Å². The summed E-state index contributed by atoms with van der Waals surface area (Å²) in [5.41, 5.74) is 0.780. The van der Waals surface area contributed by atoms with E-state index in [4.69, 9.17) is 11.6 Å². The lowest BCUT2D eigenvalue weighted by molar-refractivity contribution is -0.115. The maximum Gasteiger partial charge on any atom is 0.238 e. The highest BCUT2D eigenvalue weighted by molar-refractivity contribution is 6.30. The van der Waals surface area contributed by atoms with Crippen molar-refractivity contribution in [2.75, 3.05) is 18.4 Å². The van der Waals surface area contributed by atoms with Gasteiger partial charge in [-0.1, -0.05) is 11.6 Å². The molecule has 1 aliphatic rings. The number of hydrogen-bond acceptors (Lipinski definition) is 2. The molecule has 0 heterocycles. The first-order chi connectivity index (χ1) is 7.74. The Kier molecular flexibility index (Phi) is 5.75. The van der Waals surface area contributed by atoms with Crippen LogP contribution in [0.4, 0.5) is 5.69 Å². The molecule has 1 amide bonds. The van der Waals surface area contributed by atoms with Gasteiger partial charge in [-0.15, -0.1) is 12.4 Å². The number of rotatable bonds is 5. The van der Waals surface area contributed by atoms with Crippen LogP contribution in [0, 0.1) is 5.92 Å². The molecule has 1 saturated carbocycles. The Bertz CT molecular complexity index is 363. The monoisotopic (exact) mass is 274 g/mol. The van der Waals surface area contributed by atoms with Crippen molar-refractivity contribution < 1.29 is 4.79 Å². The Morgan fingerprint density at radius 2 is 1.94 bits per heavy atom. The number of hydrogen-bond donors (Lipinski definition) is 2. The molecule has 0 radical (unpaired) electrons. The summed E-state index contributed by atoms with van der Waals surface area (Å²) in [5, 5.41) is 6.61. The maximum absolute atomic E-state index is 11.5. The smallest absolute Gasteiger partial charge is 0.238 e. The minimum Gasteiger partial charge on any atom is -0.325 e. The number of carbonyl (C=O) groups excluding carboxylic acids is 1. The summed E-state index contributed by atoms with van der Waals surface area (Å²) in [6.07, 6.45) is 2.59. The lowest BCUT2D eigenvalue weighted by atomic mass is 10.3. The van der Waals surface area contributed by atoms with Crippen LogP contribution in [0.25, 0.3) is 0 Å². The van der Waals surface area contributed by atoms with E-state index in [0.717, 1.165) is 18.2 Å². The highest BCUT2D eigenvalue weighted by Gasteiger charge is 2.20. The molecule has 0 unspecified atom stereocenters. The van der Waals surface area contributed by atoms with Crippen LogP contribution in [0.15, 0.2) is 24.3 Å². The number of nitrogens with one attached hydrogen (secondary N) is 2. The van der Waals surface area contributed by atoms with E-state index in [1.165, 1.54) is 12.8 Å². The molecule has 3 nitrogen and oxygen atoms in total. The van der Waals surface area contributed by atoms with Crippen LogP contribution in [0.1, 0.15) is 12.8 Å². The largest absolute Gasteiger partial charge is 0.325 e. The highest BCUT2D eigenvalue weighted by Crippen LogP contribution is 2.27. The van der Waals surface area contributed by atoms with E-state index in [1.807, 2.05) is 0 Å². The van der Waals surface area contributed by atoms with Gasteiger partial charge in [-0.05, 0) is 49.6 Å². The average Bonchev–Trinajstić information content (AvgIpc) is 3.05. The first-order valence-electron chi connectivity index (χ1n) is 5.50. The Hall–Kier alpha value is -0.770. The van der Waals surface area contributed by atoms with Crippen molar-refractivity contribution in [2.45, 2.75) is 12.8 Å². The molecule has 0 bridgehead atoms. The van der Waals surface area contributed by atoms with Crippen LogP contribution in [-0.2, 0) is 4.79 Å². The van der Waals surface area contributed by atoms with E-state index >= 15 is 0 Å². The lowest BCUT2D eigenvalue weighted by Gasteiger charge is -2.06. The zero-order valence-corrected chi connectivity index (χ0v) is 11.0. The molecule has 1 aromatic carbocycles. The van der Waals surface area contributed by atoms with Gasteiger partial charge in [-0.25, -0.2) is 0 Å². The third-order valence-electron chi connectivity index (χ3n) is 2.54. The molecule has 94 valence electrons. The lowest BCUT2D eigenvalue weighted by Crippen LogP contribution is -2.29. The van der Waals surface area contributed by atoms with E-state index in [-0.39, 0.29) is 18.3 Å². The topological polar surface area (TPSA) is 41.1 Å². The summed E-state index contributed by atoms with van der Waals surface area (Å²) in [4.78, 5) is 11.5. The fraction of sp³-hybridized carbons (Fsp3) is 0.417. The molecule has 0 atom stereocenters. The van der Waals surface area contributed by atoms with Gasteiger partial charge in [0.05, 0.1) is 6.54 Å². The third kappa shape index (κ3) is 5.39. The predicted octanol–water partition coefficient (Wildman–Crippen LogP) is 2.70. The van der Waals surface area contributed by atoms with Gasteiger partial charge < -0.3 is 10.6 Å². The summed E-state index contributed by atoms with van der Waals surface area (Å²) < 4.78 is 0. The molecule has 1 aromatic rings. The zero-order chi connectivity index (χ0) is 11.4. The van der Waals surface area contributed by atoms with Crippen molar-refractivity contribution in [2.24, 2.45) is 5.92 Å². The van der Waals surface area contributed by atoms with Crippen LogP contribution >= 0.6 is 24.0 Å². The molecule has 0 aromatic heterocycles. The van der Waals surface area contributed by atoms with Gasteiger partial charge in [-0.2, -0.15) is 0 Å². The molecule has 2 N–H and O–H groups in total. The van der Waals surface area contributed by atoms with E-state index in [0.29, 0.717) is 11.6 Å². The summed E-state index contributed by atoms with van der Waals surface area (Å²) in [6.45, 7) is 1.33. The molecule has 2 rings (SSSR count). The third-order valence-corrected chi connectivity index (χ3v) is 2.80. The predicted molar refractivity (Wildman–Crippen MR) is 72.9 cm³/mol. The minimum atomic E-state index is -0.0111. The first kappa shape index (κ1) is 14.3.